The van der Waals surface area contributed by atoms with Crippen molar-refractivity contribution in [3.63, 3.8) is 0 Å². The number of nitrogens with zero attached hydrogens (tertiary/aromatic N) is 4. The quantitative estimate of drug-likeness (QED) is 0.580. The van der Waals surface area contributed by atoms with Gasteiger partial charge >= 0.3 is 0 Å². The molecule has 2 aromatic heterocycles. The van der Waals surface area contributed by atoms with Crippen molar-refractivity contribution in [3.05, 3.63) is 12.7 Å². The first-order valence-electron chi connectivity index (χ1n) is 9.15. The summed E-state index contributed by atoms with van der Waals surface area (Å²) in [6.45, 7) is -0.370. The van der Waals surface area contributed by atoms with Crippen LogP contribution in [0.1, 0.15) is 25.7 Å². The lowest BCUT2D eigenvalue weighted by Crippen LogP contribution is -2.52. The Morgan fingerprint density at radius 2 is 2.08 bits per heavy atom. The number of rotatable bonds is 3. The third kappa shape index (κ3) is 1.97. The van der Waals surface area contributed by atoms with Gasteiger partial charge in [-0.25, -0.2) is 15.0 Å². The Kier molecular flexibility index (Phi) is 3.52. The minimum absolute atomic E-state index is 0.0102. The molecule has 9 nitrogen and oxygen atoms in total. The van der Waals surface area contributed by atoms with Gasteiger partial charge in [0.1, 0.15) is 30.2 Å². The number of aliphatic hydroxyl groups is 3. The predicted molar refractivity (Wildman–Crippen MR) is 90.6 cm³/mol. The summed E-state index contributed by atoms with van der Waals surface area (Å²) in [4.78, 5) is 12.6. The van der Waals surface area contributed by atoms with Crippen LogP contribution >= 0.6 is 0 Å². The van der Waals surface area contributed by atoms with Gasteiger partial charge in [-0.15, -0.1) is 0 Å². The van der Waals surface area contributed by atoms with E-state index >= 15 is 0 Å². The molecule has 1 aliphatic heterocycles. The summed E-state index contributed by atoms with van der Waals surface area (Å²) >= 11 is 0. The summed E-state index contributed by atoms with van der Waals surface area (Å²) in [7, 11) is 0. The molecular weight excluding hydrogens is 338 g/mol. The zero-order valence-corrected chi connectivity index (χ0v) is 14.3. The molecule has 3 fully saturated rings. The highest BCUT2D eigenvalue weighted by Gasteiger charge is 2.63. The van der Waals surface area contributed by atoms with E-state index in [-0.39, 0.29) is 18.3 Å². The lowest BCUT2D eigenvalue weighted by molar-refractivity contribution is -0.192. The average Bonchev–Trinajstić information content (AvgIpc) is 3.40. The molecule has 1 saturated heterocycles. The largest absolute Gasteiger partial charge is 0.394 e. The Morgan fingerprint density at radius 1 is 1.23 bits per heavy atom. The normalized spacial score (nSPS) is 42.1. The Balaban J connectivity index is 1.71. The summed E-state index contributed by atoms with van der Waals surface area (Å²) in [5.41, 5.74) is 5.60. The summed E-state index contributed by atoms with van der Waals surface area (Å²) in [6.07, 6.45) is 3.95. The molecule has 0 radical (unpaired) electrons. The van der Waals surface area contributed by atoms with Crippen LogP contribution in [0.4, 0.5) is 5.82 Å². The van der Waals surface area contributed by atoms with Crippen LogP contribution in [0.3, 0.4) is 0 Å². The number of hydrogen-bond donors (Lipinski definition) is 4. The molecule has 0 amide bonds. The summed E-state index contributed by atoms with van der Waals surface area (Å²) in [5, 5.41) is 31.3. The van der Waals surface area contributed by atoms with Gasteiger partial charge in [-0.3, -0.25) is 4.57 Å². The highest BCUT2D eigenvalue weighted by molar-refractivity contribution is 5.81. The lowest BCUT2D eigenvalue weighted by atomic mass is 9.77. The van der Waals surface area contributed by atoms with E-state index in [0.29, 0.717) is 23.0 Å². The molecule has 26 heavy (non-hydrogen) atoms. The monoisotopic (exact) mass is 361 g/mol. The number of hydrogen-bond acceptors (Lipinski definition) is 8. The van der Waals surface area contributed by atoms with Crippen molar-refractivity contribution >= 4 is 17.0 Å². The second-order valence-corrected chi connectivity index (χ2v) is 7.85. The molecule has 7 atom stereocenters. The van der Waals surface area contributed by atoms with Gasteiger partial charge in [0.15, 0.2) is 17.2 Å². The van der Waals surface area contributed by atoms with Gasteiger partial charge < -0.3 is 25.8 Å². The number of anilines is 1. The Hall–Kier alpha value is -1.81. The van der Waals surface area contributed by atoms with Crippen LogP contribution in [0.2, 0.25) is 0 Å². The van der Waals surface area contributed by atoms with Crippen LogP contribution in [0.25, 0.3) is 11.2 Å². The van der Waals surface area contributed by atoms with Crippen molar-refractivity contribution in [2.24, 2.45) is 17.8 Å². The molecule has 2 aromatic rings. The third-order valence-corrected chi connectivity index (χ3v) is 6.66. The number of fused-ring (bicyclic) bond motifs is 3. The topological polar surface area (TPSA) is 140 Å². The smallest absolute Gasteiger partial charge is 0.179 e. The maximum atomic E-state index is 11.1. The Labute approximate surface area is 149 Å². The highest BCUT2D eigenvalue weighted by Crippen LogP contribution is 2.58. The van der Waals surface area contributed by atoms with E-state index in [1.165, 1.54) is 12.7 Å². The number of nitrogens with two attached hydrogens (primary N) is 1. The highest BCUT2D eigenvalue weighted by atomic mass is 16.6. The zero-order valence-electron chi connectivity index (χ0n) is 14.3. The van der Waals surface area contributed by atoms with Crippen LogP contribution in [0.15, 0.2) is 12.7 Å². The van der Waals surface area contributed by atoms with E-state index in [1.54, 1.807) is 10.9 Å². The van der Waals surface area contributed by atoms with Crippen LogP contribution in [0.5, 0.6) is 0 Å². The van der Waals surface area contributed by atoms with E-state index in [0.717, 1.165) is 19.3 Å². The summed E-state index contributed by atoms with van der Waals surface area (Å²) in [6, 6.07) is 0. The van der Waals surface area contributed by atoms with Crippen molar-refractivity contribution < 1.29 is 20.1 Å². The predicted octanol–water partition coefficient (Wildman–Crippen LogP) is -0.390. The van der Waals surface area contributed by atoms with Crippen molar-refractivity contribution in [3.8, 4) is 0 Å². The molecule has 3 aliphatic rings. The first-order chi connectivity index (χ1) is 12.6. The second kappa shape index (κ2) is 5.59. The second-order valence-electron chi connectivity index (χ2n) is 7.85. The SMILES string of the molecule is Nc1ncnc2c1ncn2[C@]1(C2CC3CCC2C3)O[C@H](CO)[C@@H](O)[C@H]1O. The molecule has 5 N–H and O–H groups in total. The molecule has 5 rings (SSSR count). The minimum Gasteiger partial charge on any atom is -0.394 e. The first kappa shape index (κ1) is 16.4. The van der Waals surface area contributed by atoms with Crippen molar-refractivity contribution in [2.45, 2.75) is 49.7 Å². The lowest BCUT2D eigenvalue weighted by Gasteiger charge is -2.42. The number of imidazole rings is 1. The van der Waals surface area contributed by atoms with Crippen molar-refractivity contribution in [1.82, 2.24) is 19.5 Å². The molecule has 3 unspecified atom stereocenters. The van der Waals surface area contributed by atoms with Crippen molar-refractivity contribution in [2.75, 3.05) is 12.3 Å². The van der Waals surface area contributed by atoms with Gasteiger partial charge in [0.25, 0.3) is 0 Å². The molecule has 9 heteroatoms. The van der Waals surface area contributed by atoms with E-state index in [9.17, 15) is 15.3 Å². The first-order valence-corrected chi connectivity index (χ1v) is 9.15. The van der Waals surface area contributed by atoms with E-state index in [2.05, 4.69) is 15.0 Å². The van der Waals surface area contributed by atoms with Gasteiger partial charge in [-0.05, 0) is 31.1 Å². The minimum atomic E-state index is -1.22. The fourth-order valence-corrected chi connectivity index (χ4v) is 5.52. The van der Waals surface area contributed by atoms with Gasteiger partial charge in [-0.2, -0.15) is 0 Å². The average molecular weight is 361 g/mol. The molecule has 2 aliphatic carbocycles. The van der Waals surface area contributed by atoms with Gasteiger partial charge in [0, 0.05) is 5.92 Å². The summed E-state index contributed by atoms with van der Waals surface area (Å²) in [5.74, 6) is 1.27. The van der Waals surface area contributed by atoms with Crippen LogP contribution in [-0.4, -0.2) is 59.8 Å². The molecular formula is C17H23N5O4. The van der Waals surface area contributed by atoms with Gasteiger partial charge in [0.2, 0.25) is 0 Å². The third-order valence-electron chi connectivity index (χ3n) is 6.66. The molecule has 0 aromatic carbocycles. The van der Waals surface area contributed by atoms with E-state index < -0.39 is 24.0 Å². The Morgan fingerprint density at radius 3 is 2.73 bits per heavy atom. The van der Waals surface area contributed by atoms with Crippen LogP contribution in [0, 0.1) is 17.8 Å². The van der Waals surface area contributed by atoms with Crippen LogP contribution in [-0.2, 0) is 10.5 Å². The van der Waals surface area contributed by atoms with E-state index in [1.807, 2.05) is 0 Å². The molecule has 2 saturated carbocycles. The number of nitrogen functional groups attached to an aromatic ring is 1. The standard InChI is InChI=1S/C17H23N5O4/c18-15-12-16(20-6-19-15)22(7-21-12)17(10-4-8-1-2-9(10)3-8)14(25)13(24)11(5-23)26-17/h6-11,13-14,23-25H,1-5H2,(H2,18,19,20)/t8?,9?,10?,11-,13-,14-,17-/m1/s1. The Bertz CT molecular complexity index is 844. The molecule has 3 heterocycles. The molecule has 140 valence electrons. The number of aliphatic hydroxyl groups excluding tert-OH is 3. The molecule has 2 bridgehead atoms. The fourth-order valence-electron chi connectivity index (χ4n) is 5.52. The van der Waals surface area contributed by atoms with Gasteiger partial charge in [-0.1, -0.05) is 6.42 Å². The number of ether oxygens (including phenoxy) is 1. The maximum Gasteiger partial charge on any atom is 0.179 e. The maximum absolute atomic E-state index is 11.1. The number of aromatic nitrogens is 4. The van der Waals surface area contributed by atoms with E-state index in [4.69, 9.17) is 10.5 Å². The fraction of sp³-hybridized carbons (Fsp3) is 0.706. The zero-order chi connectivity index (χ0) is 18.1. The molecule has 0 spiro atoms. The van der Waals surface area contributed by atoms with Crippen LogP contribution < -0.4 is 5.73 Å². The van der Waals surface area contributed by atoms with Crippen molar-refractivity contribution in [1.29, 1.82) is 0 Å². The van der Waals surface area contributed by atoms with Gasteiger partial charge in [0.05, 0.1) is 12.9 Å². The summed E-state index contributed by atoms with van der Waals surface area (Å²) < 4.78 is 7.93.